The molecular weight excluding hydrogens is 307 g/mol. The lowest BCUT2D eigenvalue weighted by Gasteiger charge is -2.14. The van der Waals surface area contributed by atoms with Crippen molar-refractivity contribution in [1.82, 2.24) is 0 Å². The van der Waals surface area contributed by atoms with E-state index in [-0.39, 0.29) is 5.69 Å². The van der Waals surface area contributed by atoms with E-state index >= 15 is 0 Å². The van der Waals surface area contributed by atoms with Crippen LogP contribution in [0.1, 0.15) is 31.2 Å². The Morgan fingerprint density at radius 2 is 2.00 bits per heavy atom. The third kappa shape index (κ3) is 3.90. The first-order chi connectivity index (χ1) is 8.47. The predicted molar refractivity (Wildman–Crippen MR) is 69.6 cm³/mol. The fraction of sp³-hybridized carbons (Fsp3) is 0.538. The van der Waals surface area contributed by atoms with Crippen molar-refractivity contribution in [3.8, 4) is 0 Å². The first kappa shape index (κ1) is 13.7. The van der Waals surface area contributed by atoms with Gasteiger partial charge < -0.3 is 5.32 Å². The van der Waals surface area contributed by atoms with Crippen molar-refractivity contribution in [2.75, 3.05) is 11.9 Å². The van der Waals surface area contributed by atoms with Gasteiger partial charge in [0, 0.05) is 16.7 Å². The van der Waals surface area contributed by atoms with Gasteiger partial charge in [-0.1, -0.05) is 28.8 Å². The summed E-state index contributed by atoms with van der Waals surface area (Å²) in [5.41, 5.74) is -0.440. The molecule has 0 unspecified atom stereocenters. The lowest BCUT2D eigenvalue weighted by Crippen LogP contribution is -2.11. The molecule has 0 aliphatic heterocycles. The number of alkyl halides is 3. The van der Waals surface area contributed by atoms with Gasteiger partial charge in [-0.05, 0) is 37.0 Å². The van der Waals surface area contributed by atoms with Gasteiger partial charge in [-0.3, -0.25) is 0 Å². The van der Waals surface area contributed by atoms with E-state index in [1.54, 1.807) is 0 Å². The molecule has 0 saturated heterocycles. The Balaban J connectivity index is 1.97. The van der Waals surface area contributed by atoms with Crippen molar-refractivity contribution in [3.63, 3.8) is 0 Å². The number of hydrogen-bond donors (Lipinski definition) is 1. The Labute approximate surface area is 113 Å². The Hall–Kier alpha value is -0.710. The lowest BCUT2D eigenvalue weighted by molar-refractivity contribution is -0.136. The quantitative estimate of drug-likeness (QED) is 0.746. The molecule has 1 aliphatic rings. The van der Waals surface area contributed by atoms with Crippen LogP contribution >= 0.6 is 15.9 Å². The molecule has 0 heterocycles. The van der Waals surface area contributed by atoms with E-state index in [2.05, 4.69) is 21.2 Å². The maximum atomic E-state index is 12.8. The molecular formula is C13H15BrF3N. The van der Waals surface area contributed by atoms with Crippen LogP contribution in [0, 0.1) is 5.92 Å². The highest BCUT2D eigenvalue weighted by Crippen LogP contribution is 2.37. The van der Waals surface area contributed by atoms with Gasteiger partial charge in [0.05, 0.1) is 5.56 Å². The molecule has 100 valence electrons. The topological polar surface area (TPSA) is 12.0 Å². The van der Waals surface area contributed by atoms with Crippen LogP contribution in [0.2, 0.25) is 0 Å². The van der Waals surface area contributed by atoms with Gasteiger partial charge in [-0.2, -0.15) is 13.2 Å². The summed E-state index contributed by atoms with van der Waals surface area (Å²) in [6.45, 7) is 0.593. The minimum atomic E-state index is -4.31. The predicted octanol–water partition coefficient (Wildman–Crippen LogP) is 5.07. The molecule has 0 amide bonds. The maximum absolute atomic E-state index is 12.8. The van der Waals surface area contributed by atoms with Crippen LogP contribution in [0.25, 0.3) is 0 Å². The number of benzene rings is 1. The van der Waals surface area contributed by atoms with E-state index in [1.165, 1.54) is 25.0 Å². The summed E-state index contributed by atoms with van der Waals surface area (Å²) in [6.07, 6.45) is 0.297. The fourth-order valence-corrected chi connectivity index (χ4v) is 2.29. The second-order valence-corrected chi connectivity index (χ2v) is 5.62. The standard InChI is InChI=1S/C13H15BrF3N/c14-10-5-6-11(13(15,16)17)12(8-10)18-7-1-2-9-3-4-9/h5-6,8-9,18H,1-4,7H2. The highest BCUT2D eigenvalue weighted by atomic mass is 79.9. The third-order valence-corrected chi connectivity index (χ3v) is 3.58. The van der Waals surface area contributed by atoms with E-state index < -0.39 is 11.7 Å². The van der Waals surface area contributed by atoms with Crippen LogP contribution in [0.15, 0.2) is 22.7 Å². The largest absolute Gasteiger partial charge is 0.418 e. The minimum Gasteiger partial charge on any atom is -0.385 e. The van der Waals surface area contributed by atoms with E-state index in [9.17, 15) is 13.2 Å². The van der Waals surface area contributed by atoms with Crippen molar-refractivity contribution in [1.29, 1.82) is 0 Å². The van der Waals surface area contributed by atoms with Crippen molar-refractivity contribution in [3.05, 3.63) is 28.2 Å². The minimum absolute atomic E-state index is 0.160. The second kappa shape index (κ2) is 5.51. The van der Waals surface area contributed by atoms with E-state index in [0.717, 1.165) is 24.8 Å². The molecule has 0 atom stereocenters. The second-order valence-electron chi connectivity index (χ2n) is 4.70. The zero-order valence-corrected chi connectivity index (χ0v) is 11.4. The molecule has 1 N–H and O–H groups in total. The zero-order valence-electron chi connectivity index (χ0n) is 9.86. The molecule has 1 aromatic carbocycles. The van der Waals surface area contributed by atoms with Crippen LogP contribution in [-0.4, -0.2) is 6.54 Å². The Kier molecular flexibility index (Phi) is 4.20. The average Bonchev–Trinajstić information content (AvgIpc) is 3.06. The average molecular weight is 322 g/mol. The number of hydrogen-bond acceptors (Lipinski definition) is 1. The van der Waals surface area contributed by atoms with E-state index in [1.807, 2.05) is 0 Å². The molecule has 0 spiro atoms. The van der Waals surface area contributed by atoms with Crippen molar-refractivity contribution in [2.45, 2.75) is 31.9 Å². The molecule has 0 bridgehead atoms. The van der Waals surface area contributed by atoms with Gasteiger partial charge in [-0.25, -0.2) is 0 Å². The summed E-state index contributed by atoms with van der Waals surface area (Å²) in [4.78, 5) is 0. The fourth-order valence-electron chi connectivity index (χ4n) is 1.93. The monoisotopic (exact) mass is 321 g/mol. The summed E-state index contributed by atoms with van der Waals surface area (Å²) in [6, 6.07) is 4.01. The van der Waals surface area contributed by atoms with Gasteiger partial charge in [-0.15, -0.1) is 0 Å². The summed E-state index contributed by atoms with van der Waals surface area (Å²) in [7, 11) is 0. The molecule has 1 aliphatic carbocycles. The lowest BCUT2D eigenvalue weighted by atomic mass is 10.1. The summed E-state index contributed by atoms with van der Waals surface area (Å²) in [5, 5.41) is 2.89. The van der Waals surface area contributed by atoms with Crippen LogP contribution in [-0.2, 0) is 6.18 Å². The van der Waals surface area contributed by atoms with E-state index in [4.69, 9.17) is 0 Å². The van der Waals surface area contributed by atoms with Crippen LogP contribution in [0.3, 0.4) is 0 Å². The van der Waals surface area contributed by atoms with Crippen molar-refractivity contribution in [2.24, 2.45) is 5.92 Å². The van der Waals surface area contributed by atoms with Gasteiger partial charge >= 0.3 is 6.18 Å². The van der Waals surface area contributed by atoms with E-state index in [0.29, 0.717) is 11.0 Å². The molecule has 1 fully saturated rings. The van der Waals surface area contributed by atoms with Crippen molar-refractivity contribution >= 4 is 21.6 Å². The highest BCUT2D eigenvalue weighted by Gasteiger charge is 2.33. The van der Waals surface area contributed by atoms with Gasteiger partial charge in [0.25, 0.3) is 0 Å². The number of rotatable bonds is 5. The van der Waals surface area contributed by atoms with Gasteiger partial charge in [0.15, 0.2) is 0 Å². The normalized spacial score (nSPS) is 15.8. The number of anilines is 1. The summed E-state index contributed by atoms with van der Waals surface area (Å²) in [5.74, 6) is 0.816. The Morgan fingerprint density at radius 1 is 1.28 bits per heavy atom. The molecule has 0 aromatic heterocycles. The molecule has 1 aromatic rings. The molecule has 1 saturated carbocycles. The Bertz CT molecular complexity index is 413. The molecule has 5 heteroatoms. The molecule has 18 heavy (non-hydrogen) atoms. The van der Waals surface area contributed by atoms with Crippen LogP contribution < -0.4 is 5.32 Å². The summed E-state index contributed by atoms with van der Waals surface area (Å²) >= 11 is 3.20. The third-order valence-electron chi connectivity index (χ3n) is 3.09. The smallest absolute Gasteiger partial charge is 0.385 e. The molecule has 1 nitrogen and oxygen atoms in total. The van der Waals surface area contributed by atoms with Crippen molar-refractivity contribution < 1.29 is 13.2 Å². The highest BCUT2D eigenvalue weighted by molar-refractivity contribution is 9.10. The number of halogens is 4. The maximum Gasteiger partial charge on any atom is 0.418 e. The van der Waals surface area contributed by atoms with Gasteiger partial charge in [0.2, 0.25) is 0 Å². The zero-order chi connectivity index (χ0) is 13.2. The Morgan fingerprint density at radius 3 is 2.61 bits per heavy atom. The van der Waals surface area contributed by atoms with Crippen LogP contribution in [0.4, 0.5) is 18.9 Å². The summed E-state index contributed by atoms with van der Waals surface area (Å²) < 4.78 is 39.0. The van der Waals surface area contributed by atoms with Crippen LogP contribution in [0.5, 0.6) is 0 Å². The number of nitrogens with one attached hydrogen (secondary N) is 1. The first-order valence-corrected chi connectivity index (χ1v) is 6.87. The molecule has 2 rings (SSSR count). The molecule has 0 radical (unpaired) electrons. The van der Waals surface area contributed by atoms with Gasteiger partial charge in [0.1, 0.15) is 0 Å². The SMILES string of the molecule is FC(F)(F)c1ccc(Br)cc1NCCCC1CC1. The first-order valence-electron chi connectivity index (χ1n) is 6.07.